The Balaban J connectivity index is -0.0000000450. The van der Waals surface area contributed by atoms with E-state index in [4.69, 9.17) is 9.90 Å². The molecule has 1 amide bonds. The molecular weight excluding hydrogens is 97.1 g/mol. The van der Waals surface area contributed by atoms with E-state index in [1.165, 1.54) is 0 Å². The van der Waals surface area contributed by atoms with Crippen molar-refractivity contribution in [2.24, 2.45) is 5.73 Å². The molecular formula is CH4KNO2. The van der Waals surface area contributed by atoms with Crippen molar-refractivity contribution in [1.29, 1.82) is 0 Å². The summed E-state index contributed by atoms with van der Waals surface area (Å²) >= 11 is 0. The number of amides is 1. The first-order valence-electron chi connectivity index (χ1n) is 0.716. The van der Waals surface area contributed by atoms with Gasteiger partial charge < -0.3 is 12.3 Å². The molecule has 0 aromatic rings. The summed E-state index contributed by atoms with van der Waals surface area (Å²) in [6.07, 6.45) is -1.33. The number of carboxylic acid groups (broad SMARTS) is 1. The van der Waals surface area contributed by atoms with Crippen LogP contribution in [0.3, 0.4) is 0 Å². The van der Waals surface area contributed by atoms with Crippen LogP contribution in [-0.4, -0.2) is 11.2 Å². The van der Waals surface area contributed by atoms with Crippen LogP contribution in [0.1, 0.15) is 1.43 Å². The van der Waals surface area contributed by atoms with E-state index in [0.29, 0.717) is 0 Å². The van der Waals surface area contributed by atoms with Gasteiger partial charge in [-0.3, -0.25) is 0 Å². The van der Waals surface area contributed by atoms with E-state index < -0.39 is 6.09 Å². The summed E-state index contributed by atoms with van der Waals surface area (Å²) in [5.74, 6) is 0. The van der Waals surface area contributed by atoms with Crippen molar-refractivity contribution < 1.29 is 62.7 Å². The molecule has 0 aliphatic carbocycles. The Morgan fingerprint density at radius 2 is 2.00 bits per heavy atom. The van der Waals surface area contributed by atoms with Crippen molar-refractivity contribution in [3.05, 3.63) is 0 Å². The van der Waals surface area contributed by atoms with Gasteiger partial charge in [-0.15, -0.1) is 0 Å². The third-order valence-corrected chi connectivity index (χ3v) is 0. The van der Waals surface area contributed by atoms with Gasteiger partial charge >= 0.3 is 57.5 Å². The van der Waals surface area contributed by atoms with Crippen LogP contribution in [0.2, 0.25) is 0 Å². The first-order chi connectivity index (χ1) is 1.73. The Kier molecular flexibility index (Phi) is 9.14. The van der Waals surface area contributed by atoms with E-state index in [1.807, 2.05) is 0 Å². The van der Waals surface area contributed by atoms with E-state index in [9.17, 15) is 0 Å². The van der Waals surface area contributed by atoms with Gasteiger partial charge in [-0.2, -0.15) is 0 Å². The maximum Gasteiger partial charge on any atom is 1.00 e. The van der Waals surface area contributed by atoms with Crippen molar-refractivity contribution in [2.75, 3.05) is 0 Å². The molecule has 0 saturated heterocycles. The fraction of sp³-hybridized carbons (Fsp3) is 0. The average molecular weight is 101 g/mol. The Bertz CT molecular complexity index is 36.5. The molecule has 0 aliphatic rings. The summed E-state index contributed by atoms with van der Waals surface area (Å²) in [7, 11) is 0. The predicted molar refractivity (Wildman–Crippen MR) is 13.3 cm³/mol. The van der Waals surface area contributed by atoms with Crippen LogP contribution in [0.15, 0.2) is 0 Å². The van der Waals surface area contributed by atoms with Gasteiger partial charge in [0.15, 0.2) is 0 Å². The van der Waals surface area contributed by atoms with E-state index in [-0.39, 0.29) is 52.8 Å². The Hall–Kier alpha value is 0.906. The van der Waals surface area contributed by atoms with Gasteiger partial charge in [-0.25, -0.2) is 4.79 Å². The van der Waals surface area contributed by atoms with Gasteiger partial charge in [0, 0.05) is 0 Å². The summed E-state index contributed by atoms with van der Waals surface area (Å²) in [4.78, 5) is 8.78. The zero-order valence-electron chi connectivity index (χ0n) is 3.93. The van der Waals surface area contributed by atoms with Crippen molar-refractivity contribution in [3.8, 4) is 0 Å². The van der Waals surface area contributed by atoms with Crippen LogP contribution in [0.5, 0.6) is 0 Å². The first kappa shape index (κ1) is 9.32. The third-order valence-electron chi connectivity index (χ3n) is 0. The molecule has 0 bridgehead atoms. The monoisotopic (exact) mass is 101 g/mol. The molecule has 0 radical (unpaired) electrons. The summed E-state index contributed by atoms with van der Waals surface area (Å²) in [6.45, 7) is 0. The van der Waals surface area contributed by atoms with Gasteiger partial charge in [0.05, 0.1) is 0 Å². The van der Waals surface area contributed by atoms with Crippen LogP contribution in [0.4, 0.5) is 4.79 Å². The zero-order valence-corrected chi connectivity index (χ0v) is 6.06. The molecule has 0 aliphatic heterocycles. The van der Waals surface area contributed by atoms with Gasteiger partial charge in [0.2, 0.25) is 0 Å². The van der Waals surface area contributed by atoms with Crippen LogP contribution < -0.4 is 57.1 Å². The van der Waals surface area contributed by atoms with Crippen LogP contribution in [0, 0.1) is 0 Å². The largest absolute Gasteiger partial charge is 1.00 e. The molecule has 0 aromatic heterocycles. The molecule has 0 unspecified atom stereocenters. The molecule has 0 rings (SSSR count). The number of hydrogen-bond acceptors (Lipinski definition) is 1. The van der Waals surface area contributed by atoms with Crippen LogP contribution in [0.25, 0.3) is 0 Å². The summed E-state index contributed by atoms with van der Waals surface area (Å²) in [6, 6.07) is 0. The molecule has 3 nitrogen and oxygen atoms in total. The van der Waals surface area contributed by atoms with E-state index in [2.05, 4.69) is 5.73 Å². The topological polar surface area (TPSA) is 63.3 Å². The average Bonchev–Trinajstić information content (AvgIpc) is 0.811. The molecule has 0 aromatic carbocycles. The smallest absolute Gasteiger partial charge is 1.00 e. The van der Waals surface area contributed by atoms with Crippen LogP contribution in [-0.2, 0) is 0 Å². The molecule has 0 atom stereocenters. The van der Waals surface area contributed by atoms with Gasteiger partial charge in [0.25, 0.3) is 0 Å². The first-order valence-corrected chi connectivity index (χ1v) is 0.716. The Labute approximate surface area is 73.4 Å². The molecule has 0 saturated carbocycles. The summed E-state index contributed by atoms with van der Waals surface area (Å²) < 4.78 is 0. The molecule has 0 fully saturated rings. The number of hydrogen-bond donors (Lipinski definition) is 2. The normalized spacial score (nSPS) is 4.80. The Morgan fingerprint density at radius 3 is 2.00 bits per heavy atom. The minimum atomic E-state index is -1.33. The minimum Gasteiger partial charge on any atom is -1.00 e. The maximum atomic E-state index is 8.78. The van der Waals surface area contributed by atoms with Gasteiger partial charge in [-0.1, -0.05) is 0 Å². The number of nitrogens with two attached hydrogens (primary N) is 1. The number of carbonyl (C=O) groups is 1. The van der Waals surface area contributed by atoms with E-state index >= 15 is 0 Å². The molecule has 3 N–H and O–H groups in total. The summed E-state index contributed by atoms with van der Waals surface area (Å²) in [5.41, 5.74) is 4.03. The number of primary amides is 1. The third kappa shape index (κ3) is 50.4. The quantitative estimate of drug-likeness (QED) is 0.315. The maximum absolute atomic E-state index is 8.78. The second kappa shape index (κ2) is 4.91. The fourth-order valence-electron chi connectivity index (χ4n) is 0. The molecule has 4 heteroatoms. The molecule has 0 heterocycles. The molecule has 5 heavy (non-hydrogen) atoms. The van der Waals surface area contributed by atoms with Gasteiger partial charge in [0.1, 0.15) is 0 Å². The second-order valence-electron chi connectivity index (χ2n) is 0.338. The van der Waals surface area contributed by atoms with Crippen LogP contribution >= 0.6 is 0 Å². The zero-order chi connectivity index (χ0) is 3.58. The number of rotatable bonds is 0. The Morgan fingerprint density at radius 1 is 2.00 bits per heavy atom. The molecule has 0 spiro atoms. The SMILES string of the molecule is NC(=O)O.[H-].[K+]. The van der Waals surface area contributed by atoms with Crippen molar-refractivity contribution >= 4 is 6.09 Å². The van der Waals surface area contributed by atoms with Crippen molar-refractivity contribution in [2.45, 2.75) is 0 Å². The fourth-order valence-corrected chi connectivity index (χ4v) is 0. The van der Waals surface area contributed by atoms with Crippen molar-refractivity contribution in [1.82, 2.24) is 0 Å². The minimum absolute atomic E-state index is 0. The second-order valence-corrected chi connectivity index (χ2v) is 0.338. The predicted octanol–water partition coefficient (Wildman–Crippen LogP) is -3.26. The molecule has 26 valence electrons. The van der Waals surface area contributed by atoms with Gasteiger partial charge in [-0.05, 0) is 0 Å². The standard InChI is InChI=1S/CH3NO2.K.H/c2-1(3)4;;/h2H2,(H,3,4);;/q;+1;-1. The van der Waals surface area contributed by atoms with E-state index in [0.717, 1.165) is 0 Å². The van der Waals surface area contributed by atoms with E-state index in [1.54, 1.807) is 0 Å². The van der Waals surface area contributed by atoms with Crippen molar-refractivity contribution in [3.63, 3.8) is 0 Å². The summed E-state index contributed by atoms with van der Waals surface area (Å²) in [5, 5.41) is 7.19.